The van der Waals surface area contributed by atoms with Gasteiger partial charge in [0.2, 0.25) is 10.0 Å². The maximum atomic E-state index is 12.7. The van der Waals surface area contributed by atoms with E-state index in [1.54, 1.807) is 12.1 Å². The SMILES string of the molecule is Cc1c(COc2cc(OCc3cncc(S(=O)(=O)NCCC(=O)O)c3)c(CN[C@@](C)(CO)C(=O)O)cc2Cl)cccc1-c1ccc2c(c1)OCCO2. The minimum Gasteiger partial charge on any atom is -0.488 e. The van der Waals surface area contributed by atoms with Gasteiger partial charge in [0.15, 0.2) is 11.5 Å². The molecule has 276 valence electrons. The number of rotatable bonds is 17. The summed E-state index contributed by atoms with van der Waals surface area (Å²) in [5.41, 5.74) is 2.93. The summed E-state index contributed by atoms with van der Waals surface area (Å²) < 4.78 is 51.4. The zero-order chi connectivity index (χ0) is 37.5. The average Bonchev–Trinajstić information content (AvgIpc) is 3.13. The molecule has 1 atom stereocenters. The minimum absolute atomic E-state index is 0.0739. The third-order valence-electron chi connectivity index (χ3n) is 8.36. The number of aliphatic carboxylic acids is 2. The van der Waals surface area contributed by atoms with Gasteiger partial charge in [-0.1, -0.05) is 35.9 Å². The number of sulfonamides is 1. The second-order valence-corrected chi connectivity index (χ2v) is 14.3. The number of hydrogen-bond donors (Lipinski definition) is 5. The van der Waals surface area contributed by atoms with Crippen molar-refractivity contribution in [3.8, 4) is 34.1 Å². The summed E-state index contributed by atoms with van der Waals surface area (Å²) in [7, 11) is -4.05. The number of benzene rings is 3. The van der Waals surface area contributed by atoms with Crippen LogP contribution in [0.3, 0.4) is 0 Å². The van der Waals surface area contributed by atoms with Gasteiger partial charge in [-0.2, -0.15) is 0 Å². The predicted molar refractivity (Wildman–Crippen MR) is 189 cm³/mol. The molecular formula is C36H38ClN3O11S. The molecule has 52 heavy (non-hydrogen) atoms. The smallest absolute Gasteiger partial charge is 0.326 e. The van der Waals surface area contributed by atoms with Crippen molar-refractivity contribution < 1.29 is 52.3 Å². The Labute approximate surface area is 305 Å². The lowest BCUT2D eigenvalue weighted by Gasteiger charge is -2.25. The van der Waals surface area contributed by atoms with Crippen molar-refractivity contribution in [2.45, 2.75) is 50.5 Å². The van der Waals surface area contributed by atoms with Crippen LogP contribution < -0.4 is 29.0 Å². The summed E-state index contributed by atoms with van der Waals surface area (Å²) in [5.74, 6) is -0.530. The standard InChI is InChI=1S/C36H38ClN3O11S/c1-22-25(4-3-5-28(22)24-6-7-30-33(14-24)49-11-10-48-30)20-51-32-15-31(26(13-29(32)37)17-39-36(2,21-41)35(44)45)50-19-23-12-27(18-38-16-23)52(46,47)40-9-8-34(42)43/h3-7,12-16,18,39-41H,8-11,17,19-21H2,1-2H3,(H,42,43)(H,44,45)/t36-/m0/s1. The van der Waals surface area contributed by atoms with E-state index in [0.717, 1.165) is 28.5 Å². The van der Waals surface area contributed by atoms with Crippen molar-refractivity contribution in [2.75, 3.05) is 26.4 Å². The maximum Gasteiger partial charge on any atom is 0.326 e. The van der Waals surface area contributed by atoms with Crippen molar-refractivity contribution in [1.82, 2.24) is 15.0 Å². The van der Waals surface area contributed by atoms with Gasteiger partial charge in [-0.05, 0) is 60.4 Å². The topological polar surface area (TPSA) is 203 Å². The lowest BCUT2D eigenvalue weighted by Crippen LogP contribution is -2.52. The number of nitrogens with zero attached hydrogens (tertiary/aromatic N) is 1. The van der Waals surface area contributed by atoms with E-state index in [1.807, 2.05) is 43.3 Å². The summed E-state index contributed by atoms with van der Waals surface area (Å²) in [6, 6.07) is 16.1. The highest BCUT2D eigenvalue weighted by atomic mass is 35.5. The number of carboxylic acids is 2. The van der Waals surface area contributed by atoms with Crippen LogP contribution in [0.1, 0.15) is 35.6 Å². The van der Waals surface area contributed by atoms with E-state index in [0.29, 0.717) is 35.8 Å². The second-order valence-electron chi connectivity index (χ2n) is 12.1. The fourth-order valence-electron chi connectivity index (χ4n) is 5.19. The summed E-state index contributed by atoms with van der Waals surface area (Å²) in [6.45, 7) is 3.21. The molecule has 5 N–H and O–H groups in total. The minimum atomic E-state index is -4.05. The van der Waals surface area contributed by atoms with Crippen LogP contribution >= 0.6 is 11.6 Å². The highest BCUT2D eigenvalue weighted by molar-refractivity contribution is 7.89. The van der Waals surface area contributed by atoms with Crippen molar-refractivity contribution in [3.05, 3.63) is 94.3 Å². The molecule has 1 aliphatic heterocycles. The number of aliphatic hydroxyl groups is 1. The van der Waals surface area contributed by atoms with E-state index < -0.39 is 40.5 Å². The van der Waals surface area contributed by atoms with Gasteiger partial charge in [0, 0.05) is 42.7 Å². The first-order chi connectivity index (χ1) is 24.8. The Bertz CT molecular complexity index is 2060. The molecule has 0 saturated carbocycles. The van der Waals surface area contributed by atoms with Crippen LogP contribution in [-0.2, 0) is 39.4 Å². The number of halogens is 1. The molecule has 1 aliphatic rings. The number of fused-ring (bicyclic) bond motifs is 1. The van der Waals surface area contributed by atoms with E-state index in [1.165, 1.54) is 19.2 Å². The molecule has 0 fully saturated rings. The molecule has 5 rings (SSSR count). The predicted octanol–water partition coefficient (Wildman–Crippen LogP) is 4.32. The maximum absolute atomic E-state index is 12.7. The van der Waals surface area contributed by atoms with Crippen LogP contribution in [0.25, 0.3) is 11.1 Å². The van der Waals surface area contributed by atoms with Crippen molar-refractivity contribution in [3.63, 3.8) is 0 Å². The Kier molecular flexibility index (Phi) is 12.2. The average molecular weight is 756 g/mol. The highest BCUT2D eigenvalue weighted by Gasteiger charge is 2.32. The van der Waals surface area contributed by atoms with Crippen LogP contribution in [0.15, 0.2) is 71.9 Å². The van der Waals surface area contributed by atoms with E-state index in [9.17, 15) is 28.2 Å². The number of aromatic nitrogens is 1. The molecule has 0 bridgehead atoms. The fourth-order valence-corrected chi connectivity index (χ4v) is 6.48. The molecule has 1 aromatic heterocycles. The van der Waals surface area contributed by atoms with Gasteiger partial charge in [-0.3, -0.25) is 19.9 Å². The van der Waals surface area contributed by atoms with Crippen molar-refractivity contribution in [1.29, 1.82) is 0 Å². The van der Waals surface area contributed by atoms with Gasteiger partial charge in [0.1, 0.15) is 48.4 Å². The Morgan fingerprint density at radius 3 is 2.44 bits per heavy atom. The number of carbonyl (C=O) groups is 2. The van der Waals surface area contributed by atoms with Gasteiger partial charge in [0.05, 0.1) is 18.1 Å². The van der Waals surface area contributed by atoms with E-state index >= 15 is 0 Å². The van der Waals surface area contributed by atoms with Gasteiger partial charge < -0.3 is 34.3 Å². The van der Waals surface area contributed by atoms with Gasteiger partial charge in [-0.15, -0.1) is 0 Å². The Balaban J connectivity index is 1.38. The number of ether oxygens (including phenoxy) is 4. The second kappa shape index (κ2) is 16.6. The lowest BCUT2D eigenvalue weighted by molar-refractivity contribution is -0.146. The van der Waals surface area contributed by atoms with E-state index in [2.05, 4.69) is 15.0 Å². The number of carboxylic acid groups (broad SMARTS) is 2. The van der Waals surface area contributed by atoms with E-state index in [4.69, 9.17) is 35.7 Å². The summed E-state index contributed by atoms with van der Waals surface area (Å²) >= 11 is 6.68. The number of hydrogen-bond acceptors (Lipinski definition) is 11. The molecule has 0 unspecified atom stereocenters. The summed E-state index contributed by atoms with van der Waals surface area (Å²) in [4.78, 5) is 26.5. The Morgan fingerprint density at radius 1 is 0.962 bits per heavy atom. The molecular weight excluding hydrogens is 718 g/mol. The normalized spacial score (nSPS) is 13.6. The molecule has 2 heterocycles. The molecule has 0 amide bonds. The molecule has 16 heteroatoms. The largest absolute Gasteiger partial charge is 0.488 e. The highest BCUT2D eigenvalue weighted by Crippen LogP contribution is 2.37. The van der Waals surface area contributed by atoms with Gasteiger partial charge >= 0.3 is 11.9 Å². The Morgan fingerprint density at radius 2 is 1.71 bits per heavy atom. The lowest BCUT2D eigenvalue weighted by atomic mass is 9.96. The van der Waals surface area contributed by atoms with Crippen molar-refractivity contribution in [2.24, 2.45) is 0 Å². The number of nitrogens with one attached hydrogen (secondary N) is 2. The molecule has 0 radical (unpaired) electrons. The van der Waals surface area contributed by atoms with Crippen molar-refractivity contribution >= 4 is 33.6 Å². The number of aliphatic hydroxyl groups excluding tert-OH is 1. The van der Waals surface area contributed by atoms with Crippen LogP contribution in [0.2, 0.25) is 5.02 Å². The van der Waals surface area contributed by atoms with E-state index in [-0.39, 0.29) is 47.7 Å². The van der Waals surface area contributed by atoms with Crippen LogP contribution in [0, 0.1) is 6.92 Å². The molecule has 0 saturated heterocycles. The third kappa shape index (κ3) is 9.29. The molecule has 3 aromatic carbocycles. The van der Waals surface area contributed by atoms with Crippen LogP contribution in [-0.4, -0.2) is 72.6 Å². The molecule has 14 nitrogen and oxygen atoms in total. The molecule has 4 aromatic rings. The first-order valence-electron chi connectivity index (χ1n) is 16.1. The zero-order valence-corrected chi connectivity index (χ0v) is 29.9. The summed E-state index contributed by atoms with van der Waals surface area (Å²) in [5, 5.41) is 31.3. The van der Waals surface area contributed by atoms with Crippen LogP contribution in [0.4, 0.5) is 0 Å². The van der Waals surface area contributed by atoms with Gasteiger partial charge in [0.25, 0.3) is 0 Å². The zero-order valence-electron chi connectivity index (χ0n) is 28.3. The number of pyridine rings is 1. The fraction of sp³-hybridized carbons (Fsp3) is 0.306. The van der Waals surface area contributed by atoms with Crippen LogP contribution in [0.5, 0.6) is 23.0 Å². The Hall–Kier alpha value is -4.93. The first kappa shape index (κ1) is 38.3. The summed E-state index contributed by atoms with van der Waals surface area (Å²) in [6.07, 6.45) is 2.14. The first-order valence-corrected chi connectivity index (χ1v) is 18.0. The molecule has 0 spiro atoms. The quantitative estimate of drug-likeness (QED) is 0.102. The van der Waals surface area contributed by atoms with Gasteiger partial charge in [-0.25, -0.2) is 13.1 Å². The molecule has 0 aliphatic carbocycles. The third-order valence-corrected chi connectivity index (χ3v) is 10.1. The monoisotopic (exact) mass is 755 g/mol.